The molecule has 1 aromatic carbocycles. The monoisotopic (exact) mass is 209 g/mol. The number of aromatic nitrogens is 4. The molecule has 5 nitrogen and oxygen atoms in total. The first kappa shape index (κ1) is 9.88. The predicted molar refractivity (Wildman–Crippen MR) is 56.7 cm³/mol. The van der Waals surface area contributed by atoms with Gasteiger partial charge in [-0.15, -0.1) is 10.2 Å². The molecule has 5 heteroatoms. The van der Waals surface area contributed by atoms with Crippen molar-refractivity contribution in [3.05, 3.63) is 29.8 Å². The Morgan fingerprint density at radius 2 is 2.06 bits per heavy atom. The summed E-state index contributed by atoms with van der Waals surface area (Å²) in [5.41, 5.74) is 1.74. The van der Waals surface area contributed by atoms with E-state index >= 15 is 0 Å². The van der Waals surface area contributed by atoms with Gasteiger partial charge in [-0.25, -0.2) is 0 Å². The second kappa shape index (κ2) is 4.72. The third-order valence-electron chi connectivity index (χ3n) is 1.89. The van der Waals surface area contributed by atoms with Crippen molar-refractivity contribution in [2.75, 3.05) is 0 Å². The highest BCUT2D eigenvalue weighted by Crippen LogP contribution is 2.13. The Balaban J connectivity index is 2.19. The number of H-pyrrole nitrogens is 1. The first-order chi connectivity index (χ1) is 7.90. The van der Waals surface area contributed by atoms with E-state index in [9.17, 15) is 0 Å². The Bertz CT molecular complexity index is 551. The Hall–Kier alpha value is -2.66. The number of rotatable bonds is 1. The molecule has 0 fully saturated rings. The Kier molecular flexibility index (Phi) is 2.91. The largest absolute Gasteiger partial charge is 0.204 e. The summed E-state index contributed by atoms with van der Waals surface area (Å²) in [4.78, 5) is 0. The molecule has 0 aliphatic rings. The minimum atomic E-state index is 0.243. The molecule has 0 saturated carbocycles. The molecule has 0 saturated heterocycles. The summed E-state index contributed by atoms with van der Waals surface area (Å²) in [5.74, 6) is 6.18. The van der Waals surface area contributed by atoms with Crippen LogP contribution in [0.15, 0.2) is 24.3 Å². The van der Waals surface area contributed by atoms with Crippen LogP contribution in [0.4, 0.5) is 0 Å². The van der Waals surface area contributed by atoms with Crippen LogP contribution in [0.1, 0.15) is 12.0 Å². The summed E-state index contributed by atoms with van der Waals surface area (Å²) in [6.45, 7) is 0. The minimum absolute atomic E-state index is 0.243. The number of tetrazole rings is 1. The highest BCUT2D eigenvalue weighted by atomic mass is 15.5. The maximum absolute atomic E-state index is 8.33. The molecule has 0 spiro atoms. The lowest BCUT2D eigenvalue weighted by atomic mass is 10.1. The molecule has 1 aromatic heterocycles. The van der Waals surface area contributed by atoms with Crippen molar-refractivity contribution in [1.82, 2.24) is 20.6 Å². The molecule has 16 heavy (non-hydrogen) atoms. The van der Waals surface area contributed by atoms with E-state index in [2.05, 4.69) is 32.5 Å². The maximum Gasteiger partial charge on any atom is 0.204 e. The summed E-state index contributed by atoms with van der Waals surface area (Å²) in [5, 5.41) is 21.9. The minimum Gasteiger partial charge on any atom is -0.197 e. The van der Waals surface area contributed by atoms with E-state index in [4.69, 9.17) is 5.26 Å². The van der Waals surface area contributed by atoms with Crippen molar-refractivity contribution < 1.29 is 0 Å². The zero-order valence-corrected chi connectivity index (χ0v) is 8.31. The second-order valence-electron chi connectivity index (χ2n) is 2.95. The first-order valence-corrected chi connectivity index (χ1v) is 4.60. The first-order valence-electron chi connectivity index (χ1n) is 4.60. The van der Waals surface area contributed by atoms with Gasteiger partial charge >= 0.3 is 0 Å². The van der Waals surface area contributed by atoms with Crippen molar-refractivity contribution in [3.63, 3.8) is 0 Å². The van der Waals surface area contributed by atoms with Crippen molar-refractivity contribution in [3.8, 4) is 29.3 Å². The number of hydrogen-bond acceptors (Lipinski definition) is 4. The van der Waals surface area contributed by atoms with Crippen molar-refractivity contribution in [2.24, 2.45) is 0 Å². The molecule has 0 radical (unpaired) electrons. The number of nitrogens with zero attached hydrogens (tertiary/aromatic N) is 4. The SMILES string of the molecule is N#CCC#Cc1ccc(-c2nn[nH]n2)cc1. The lowest BCUT2D eigenvalue weighted by Crippen LogP contribution is -1.81. The van der Waals surface area contributed by atoms with Gasteiger partial charge in [0, 0.05) is 11.1 Å². The molecule has 0 aliphatic heterocycles. The van der Waals surface area contributed by atoms with Crippen LogP contribution >= 0.6 is 0 Å². The summed E-state index contributed by atoms with van der Waals surface area (Å²) >= 11 is 0. The zero-order valence-electron chi connectivity index (χ0n) is 8.31. The average Bonchev–Trinajstić information content (AvgIpc) is 2.84. The quantitative estimate of drug-likeness (QED) is 0.714. The van der Waals surface area contributed by atoms with Gasteiger partial charge in [-0.1, -0.05) is 11.8 Å². The van der Waals surface area contributed by atoms with Gasteiger partial charge in [-0.05, 0) is 29.5 Å². The van der Waals surface area contributed by atoms with E-state index in [1.165, 1.54) is 0 Å². The van der Waals surface area contributed by atoms with E-state index < -0.39 is 0 Å². The van der Waals surface area contributed by atoms with E-state index in [0.29, 0.717) is 5.82 Å². The third kappa shape index (κ3) is 2.23. The van der Waals surface area contributed by atoms with Crippen LogP contribution in [-0.4, -0.2) is 20.6 Å². The Morgan fingerprint density at radius 1 is 1.25 bits per heavy atom. The fourth-order valence-corrected chi connectivity index (χ4v) is 1.17. The van der Waals surface area contributed by atoms with Gasteiger partial charge in [0.2, 0.25) is 5.82 Å². The topological polar surface area (TPSA) is 78.2 Å². The van der Waals surface area contributed by atoms with E-state index in [1.807, 2.05) is 30.3 Å². The number of aromatic amines is 1. The number of hydrogen-bond donors (Lipinski definition) is 1. The molecule has 0 amide bonds. The summed E-state index contributed by atoms with van der Waals surface area (Å²) in [7, 11) is 0. The maximum atomic E-state index is 8.33. The third-order valence-corrected chi connectivity index (χ3v) is 1.89. The van der Waals surface area contributed by atoms with Crippen LogP contribution in [0, 0.1) is 23.2 Å². The lowest BCUT2D eigenvalue weighted by molar-refractivity contribution is 0.881. The summed E-state index contributed by atoms with van der Waals surface area (Å²) in [6.07, 6.45) is 0.243. The summed E-state index contributed by atoms with van der Waals surface area (Å²) in [6, 6.07) is 9.40. The molecule has 76 valence electrons. The van der Waals surface area contributed by atoms with Gasteiger partial charge in [0.25, 0.3) is 0 Å². The van der Waals surface area contributed by atoms with Gasteiger partial charge in [0.05, 0.1) is 12.5 Å². The predicted octanol–water partition coefficient (Wildman–Crippen LogP) is 1.13. The van der Waals surface area contributed by atoms with Crippen molar-refractivity contribution in [2.45, 2.75) is 6.42 Å². The van der Waals surface area contributed by atoms with E-state index in [0.717, 1.165) is 11.1 Å². The van der Waals surface area contributed by atoms with E-state index in [1.54, 1.807) is 0 Å². The van der Waals surface area contributed by atoms with Crippen LogP contribution in [0.2, 0.25) is 0 Å². The molecule has 1 N–H and O–H groups in total. The molecule has 0 unspecified atom stereocenters. The molecule has 0 atom stereocenters. The molecule has 2 rings (SSSR count). The van der Waals surface area contributed by atoms with Gasteiger partial charge < -0.3 is 0 Å². The van der Waals surface area contributed by atoms with E-state index in [-0.39, 0.29) is 6.42 Å². The normalized spacial score (nSPS) is 8.94. The van der Waals surface area contributed by atoms with Gasteiger partial charge in [0.1, 0.15) is 0 Å². The van der Waals surface area contributed by atoms with Crippen LogP contribution in [0.3, 0.4) is 0 Å². The highest BCUT2D eigenvalue weighted by molar-refractivity contribution is 5.55. The standard InChI is InChI=1S/C11H7N5/c12-8-2-1-3-9-4-6-10(7-5-9)11-13-15-16-14-11/h4-7H,2H2,(H,13,14,15,16). The van der Waals surface area contributed by atoms with Crippen LogP contribution in [0.5, 0.6) is 0 Å². The second-order valence-corrected chi connectivity index (χ2v) is 2.95. The van der Waals surface area contributed by atoms with Gasteiger partial charge in [-0.3, -0.25) is 0 Å². The fraction of sp³-hybridized carbons (Fsp3) is 0.0909. The fourth-order valence-electron chi connectivity index (χ4n) is 1.17. The van der Waals surface area contributed by atoms with Crippen molar-refractivity contribution in [1.29, 1.82) is 5.26 Å². The van der Waals surface area contributed by atoms with Gasteiger partial charge in [0.15, 0.2) is 0 Å². The molecule has 2 aromatic rings. The number of nitriles is 1. The average molecular weight is 209 g/mol. The molecular weight excluding hydrogens is 202 g/mol. The Labute approximate surface area is 92.1 Å². The number of benzene rings is 1. The number of nitrogens with one attached hydrogen (secondary N) is 1. The molecule has 0 aliphatic carbocycles. The van der Waals surface area contributed by atoms with Crippen molar-refractivity contribution >= 4 is 0 Å². The zero-order chi connectivity index (χ0) is 11.2. The summed E-state index contributed by atoms with van der Waals surface area (Å²) < 4.78 is 0. The molecule has 1 heterocycles. The molecular formula is C11H7N5. The molecule has 0 bridgehead atoms. The van der Waals surface area contributed by atoms with Gasteiger partial charge in [-0.2, -0.15) is 10.5 Å². The van der Waals surface area contributed by atoms with Crippen LogP contribution in [0.25, 0.3) is 11.4 Å². The van der Waals surface area contributed by atoms with Crippen LogP contribution in [-0.2, 0) is 0 Å². The smallest absolute Gasteiger partial charge is 0.197 e. The Morgan fingerprint density at radius 3 is 2.69 bits per heavy atom. The highest BCUT2D eigenvalue weighted by Gasteiger charge is 2.00. The van der Waals surface area contributed by atoms with Crippen LogP contribution < -0.4 is 0 Å². The lowest BCUT2D eigenvalue weighted by Gasteiger charge is -1.93.